The van der Waals surface area contributed by atoms with Gasteiger partial charge in [-0.3, -0.25) is 4.79 Å². The molecule has 27 heavy (non-hydrogen) atoms. The van der Waals surface area contributed by atoms with Crippen molar-refractivity contribution >= 4 is 5.91 Å². The zero-order valence-electron chi connectivity index (χ0n) is 15.8. The van der Waals surface area contributed by atoms with Crippen LogP contribution in [0.4, 0.5) is 0 Å². The molecule has 0 unspecified atom stereocenters. The Morgan fingerprint density at radius 1 is 0.963 bits per heavy atom. The number of nitrogens with one attached hydrogen (secondary N) is 1. The van der Waals surface area contributed by atoms with Gasteiger partial charge in [-0.25, -0.2) is 0 Å². The predicted molar refractivity (Wildman–Crippen MR) is 103 cm³/mol. The summed E-state index contributed by atoms with van der Waals surface area (Å²) in [7, 11) is 0. The third-order valence-electron chi connectivity index (χ3n) is 5.76. The zero-order valence-corrected chi connectivity index (χ0v) is 15.8. The molecule has 2 aromatic rings. The molecule has 2 fully saturated rings. The molecule has 1 aromatic carbocycles. The van der Waals surface area contributed by atoms with Crippen molar-refractivity contribution in [3.63, 3.8) is 0 Å². The number of amides is 1. The van der Waals surface area contributed by atoms with Crippen molar-refractivity contribution in [2.45, 2.75) is 32.2 Å². The maximum Gasteiger partial charge on any atom is 0.251 e. The molecule has 0 bridgehead atoms. The van der Waals surface area contributed by atoms with Crippen LogP contribution in [0.15, 0.2) is 40.8 Å². The molecule has 0 spiro atoms. The number of furan rings is 1. The van der Waals surface area contributed by atoms with Crippen LogP contribution in [0.1, 0.15) is 35.4 Å². The van der Waals surface area contributed by atoms with Gasteiger partial charge in [0.2, 0.25) is 0 Å². The van der Waals surface area contributed by atoms with Crippen molar-refractivity contribution in [3.05, 3.63) is 47.7 Å². The minimum absolute atomic E-state index is 0.0128. The van der Waals surface area contributed by atoms with Gasteiger partial charge in [0.25, 0.3) is 5.91 Å². The van der Waals surface area contributed by atoms with Crippen LogP contribution in [0.5, 0.6) is 0 Å². The van der Waals surface area contributed by atoms with Crippen molar-refractivity contribution in [1.82, 2.24) is 5.32 Å². The molecule has 2 aliphatic rings. The number of hydrogen-bond acceptors (Lipinski definition) is 4. The highest BCUT2D eigenvalue weighted by Gasteiger charge is 2.34. The summed E-state index contributed by atoms with van der Waals surface area (Å²) < 4.78 is 16.9. The molecule has 1 amide bonds. The first kappa shape index (κ1) is 18.3. The molecule has 0 saturated carbocycles. The number of hydrogen-bond donors (Lipinski definition) is 1. The van der Waals surface area contributed by atoms with E-state index in [1.165, 1.54) is 0 Å². The van der Waals surface area contributed by atoms with E-state index in [0.29, 0.717) is 24.0 Å². The molecule has 1 N–H and O–H groups in total. The molecule has 144 valence electrons. The first-order valence-corrected chi connectivity index (χ1v) is 9.84. The Morgan fingerprint density at radius 2 is 1.70 bits per heavy atom. The van der Waals surface area contributed by atoms with Gasteiger partial charge in [0.15, 0.2) is 0 Å². The van der Waals surface area contributed by atoms with Crippen molar-refractivity contribution in [2.75, 3.05) is 26.4 Å². The SMILES string of the molecule is Cc1ccc(-c2ccc(C(=O)N[C@@H]3CCOC[C@@H]3C3CCOCC3)cc2)o1. The minimum Gasteiger partial charge on any atom is -0.461 e. The van der Waals surface area contributed by atoms with Crippen molar-refractivity contribution in [1.29, 1.82) is 0 Å². The fourth-order valence-electron chi connectivity index (χ4n) is 4.17. The predicted octanol–water partition coefficient (Wildman–Crippen LogP) is 3.82. The van der Waals surface area contributed by atoms with Gasteiger partial charge in [-0.15, -0.1) is 0 Å². The van der Waals surface area contributed by atoms with E-state index < -0.39 is 0 Å². The summed E-state index contributed by atoms with van der Waals surface area (Å²) in [5.41, 5.74) is 1.66. The largest absolute Gasteiger partial charge is 0.461 e. The number of rotatable bonds is 4. The van der Waals surface area contributed by atoms with Crippen molar-refractivity contribution in [2.24, 2.45) is 11.8 Å². The highest BCUT2D eigenvalue weighted by molar-refractivity contribution is 5.94. The molecule has 2 saturated heterocycles. The fraction of sp³-hybridized carbons (Fsp3) is 0.500. The molecule has 5 heteroatoms. The monoisotopic (exact) mass is 369 g/mol. The summed E-state index contributed by atoms with van der Waals surface area (Å²) >= 11 is 0. The van der Waals surface area contributed by atoms with Crippen LogP contribution in [0, 0.1) is 18.8 Å². The number of benzene rings is 1. The second-order valence-corrected chi connectivity index (χ2v) is 7.54. The van der Waals surface area contributed by atoms with Gasteiger partial charge in [-0.2, -0.15) is 0 Å². The first-order chi connectivity index (χ1) is 13.2. The lowest BCUT2D eigenvalue weighted by molar-refractivity contribution is -0.0259. The summed E-state index contributed by atoms with van der Waals surface area (Å²) in [6.07, 6.45) is 2.98. The molecule has 2 aliphatic heterocycles. The van der Waals surface area contributed by atoms with Gasteiger partial charge >= 0.3 is 0 Å². The highest BCUT2D eigenvalue weighted by Crippen LogP contribution is 2.30. The van der Waals surface area contributed by atoms with E-state index in [4.69, 9.17) is 13.9 Å². The molecular formula is C22H27NO4. The Hall–Kier alpha value is -2.11. The normalized spacial score (nSPS) is 23.9. The van der Waals surface area contributed by atoms with Crippen LogP contribution >= 0.6 is 0 Å². The Bertz CT molecular complexity index is 761. The number of carbonyl (C=O) groups excluding carboxylic acids is 1. The van der Waals surface area contributed by atoms with Gasteiger partial charge in [0.1, 0.15) is 11.5 Å². The van der Waals surface area contributed by atoms with Gasteiger partial charge in [0, 0.05) is 42.9 Å². The van der Waals surface area contributed by atoms with E-state index in [9.17, 15) is 4.79 Å². The Labute approximate surface area is 160 Å². The second-order valence-electron chi connectivity index (χ2n) is 7.54. The molecule has 0 radical (unpaired) electrons. The highest BCUT2D eigenvalue weighted by atomic mass is 16.5. The summed E-state index contributed by atoms with van der Waals surface area (Å²) in [5.74, 6) is 2.63. The van der Waals surface area contributed by atoms with Crippen LogP contribution in [0.25, 0.3) is 11.3 Å². The Balaban J connectivity index is 1.42. The third-order valence-corrected chi connectivity index (χ3v) is 5.76. The lowest BCUT2D eigenvalue weighted by Gasteiger charge is -2.39. The molecule has 4 rings (SSSR count). The van der Waals surface area contributed by atoms with Gasteiger partial charge < -0.3 is 19.2 Å². The maximum absolute atomic E-state index is 12.8. The van der Waals surface area contributed by atoms with E-state index in [1.807, 2.05) is 43.3 Å². The Morgan fingerprint density at radius 3 is 2.41 bits per heavy atom. The van der Waals surface area contributed by atoms with E-state index in [1.54, 1.807) is 0 Å². The van der Waals surface area contributed by atoms with E-state index >= 15 is 0 Å². The van der Waals surface area contributed by atoms with Crippen LogP contribution in [0.2, 0.25) is 0 Å². The van der Waals surface area contributed by atoms with Crippen LogP contribution in [0.3, 0.4) is 0 Å². The zero-order chi connectivity index (χ0) is 18.6. The second kappa shape index (κ2) is 8.28. The van der Waals surface area contributed by atoms with Crippen LogP contribution in [-0.4, -0.2) is 38.4 Å². The Kier molecular flexibility index (Phi) is 5.60. The van der Waals surface area contributed by atoms with Crippen molar-refractivity contribution < 1.29 is 18.7 Å². The smallest absolute Gasteiger partial charge is 0.251 e. The number of aryl methyl sites for hydroxylation is 1. The molecular weight excluding hydrogens is 342 g/mol. The summed E-state index contributed by atoms with van der Waals surface area (Å²) in [5, 5.41) is 3.26. The van der Waals surface area contributed by atoms with E-state index in [0.717, 1.165) is 56.2 Å². The number of ether oxygens (including phenoxy) is 2. The van der Waals surface area contributed by atoms with Gasteiger partial charge in [-0.05, 0) is 56.4 Å². The minimum atomic E-state index is -0.0128. The van der Waals surface area contributed by atoms with Crippen molar-refractivity contribution in [3.8, 4) is 11.3 Å². The third kappa shape index (κ3) is 4.25. The summed E-state index contributed by atoms with van der Waals surface area (Å²) in [4.78, 5) is 12.8. The maximum atomic E-state index is 12.8. The molecule has 3 heterocycles. The first-order valence-electron chi connectivity index (χ1n) is 9.84. The molecule has 1 aromatic heterocycles. The number of carbonyl (C=O) groups is 1. The molecule has 2 atom stereocenters. The quantitative estimate of drug-likeness (QED) is 0.890. The lowest BCUT2D eigenvalue weighted by Crippen LogP contribution is -2.49. The summed E-state index contributed by atoms with van der Waals surface area (Å²) in [6.45, 7) is 4.99. The van der Waals surface area contributed by atoms with Gasteiger partial charge in [-0.1, -0.05) is 12.1 Å². The lowest BCUT2D eigenvalue weighted by atomic mass is 9.79. The fourth-order valence-corrected chi connectivity index (χ4v) is 4.17. The van der Waals surface area contributed by atoms with Crippen LogP contribution < -0.4 is 5.32 Å². The average molecular weight is 369 g/mol. The van der Waals surface area contributed by atoms with Crippen LogP contribution in [-0.2, 0) is 9.47 Å². The topological polar surface area (TPSA) is 60.7 Å². The van der Waals surface area contributed by atoms with E-state index in [2.05, 4.69) is 5.32 Å². The van der Waals surface area contributed by atoms with Gasteiger partial charge in [0.05, 0.1) is 6.61 Å². The van der Waals surface area contributed by atoms with E-state index in [-0.39, 0.29) is 11.9 Å². The molecule has 0 aliphatic carbocycles. The molecule has 5 nitrogen and oxygen atoms in total. The summed E-state index contributed by atoms with van der Waals surface area (Å²) in [6, 6.07) is 11.7. The standard InChI is InChI=1S/C22H27NO4/c1-15-2-7-21(27-15)17-3-5-18(6-4-17)22(24)23-20-10-13-26-14-19(20)16-8-11-25-12-9-16/h2-7,16,19-20H,8-14H2,1H3,(H,23,24)/t19-,20-/m1/s1. The average Bonchev–Trinajstić information content (AvgIpc) is 3.15.